The molecule has 0 saturated carbocycles. The van der Waals surface area contributed by atoms with Crippen molar-refractivity contribution in [2.75, 3.05) is 20.1 Å². The Morgan fingerprint density at radius 3 is 2.81 bits per heavy atom. The first-order chi connectivity index (χ1) is 14.8. The lowest BCUT2D eigenvalue weighted by atomic mass is 10.1. The molecule has 31 heavy (non-hydrogen) atoms. The predicted molar refractivity (Wildman–Crippen MR) is 110 cm³/mol. The highest BCUT2D eigenvalue weighted by Crippen LogP contribution is 2.27. The number of likely N-dealkylation sites (N-methyl/N-ethyl adjacent to an activating group) is 1. The number of H-pyrrole nitrogens is 1. The summed E-state index contributed by atoms with van der Waals surface area (Å²) in [6.45, 7) is 0.346. The molecule has 1 unspecified atom stereocenters. The van der Waals surface area contributed by atoms with Crippen molar-refractivity contribution in [3.63, 3.8) is 0 Å². The zero-order chi connectivity index (χ0) is 22.3. The zero-order valence-electron chi connectivity index (χ0n) is 17.5. The Labute approximate surface area is 179 Å². The minimum absolute atomic E-state index is 0.0534. The van der Waals surface area contributed by atoms with Crippen LogP contribution in [0.5, 0.6) is 0 Å². The lowest BCUT2D eigenvalue weighted by Crippen LogP contribution is -2.37. The van der Waals surface area contributed by atoms with E-state index in [2.05, 4.69) is 20.6 Å². The molecule has 2 N–H and O–H groups in total. The van der Waals surface area contributed by atoms with Gasteiger partial charge in [-0.1, -0.05) is 47.7 Å². The van der Waals surface area contributed by atoms with E-state index in [9.17, 15) is 18.7 Å². The Morgan fingerprint density at radius 1 is 1.32 bits per heavy atom. The number of aryl methyl sites for hydroxylation is 1. The van der Waals surface area contributed by atoms with Crippen LogP contribution in [0, 0.1) is 0 Å². The third-order valence-corrected chi connectivity index (χ3v) is 5.33. The molecular weight excluding hydrogens is 406 g/mol. The van der Waals surface area contributed by atoms with Crippen LogP contribution in [0.1, 0.15) is 30.7 Å². The van der Waals surface area contributed by atoms with Gasteiger partial charge in [-0.05, 0) is 12.0 Å². The molecule has 8 nitrogen and oxygen atoms in total. The van der Waals surface area contributed by atoms with E-state index in [1.165, 1.54) is 9.80 Å². The molecule has 0 spiro atoms. The van der Waals surface area contributed by atoms with Crippen molar-refractivity contribution >= 4 is 6.03 Å². The van der Waals surface area contributed by atoms with E-state index >= 15 is 0 Å². The molecule has 10 heteroatoms. The molecule has 2 aromatic rings. The van der Waals surface area contributed by atoms with Crippen LogP contribution in [0.15, 0.2) is 42.5 Å². The van der Waals surface area contributed by atoms with Gasteiger partial charge in [-0.3, -0.25) is 0 Å². The number of urea groups is 1. The lowest BCUT2D eigenvalue weighted by molar-refractivity contribution is -0.0231. The summed E-state index contributed by atoms with van der Waals surface area (Å²) in [6.07, 6.45) is 2.94. The summed E-state index contributed by atoms with van der Waals surface area (Å²) in [7, 11) is 1.65. The fraction of sp³-hybridized carbons (Fsp3) is 0.524. The SMILES string of the molecule is CN1C[C@H](C=CC(O)Cc2ccccc2)N(CCC(F)(F)CCCc2nn[nH]n2)C1=O. The van der Waals surface area contributed by atoms with E-state index in [0.717, 1.165) is 5.56 Å². The minimum Gasteiger partial charge on any atom is -0.389 e. The van der Waals surface area contributed by atoms with Crippen LogP contribution in [-0.2, 0) is 12.8 Å². The highest BCUT2D eigenvalue weighted by atomic mass is 19.3. The van der Waals surface area contributed by atoms with Gasteiger partial charge in [0, 0.05) is 45.8 Å². The van der Waals surface area contributed by atoms with E-state index in [0.29, 0.717) is 25.2 Å². The van der Waals surface area contributed by atoms with Crippen molar-refractivity contribution in [3.8, 4) is 0 Å². The molecule has 1 saturated heterocycles. The number of carbonyl (C=O) groups is 1. The summed E-state index contributed by atoms with van der Waals surface area (Å²) in [4.78, 5) is 15.4. The number of halogens is 2. The number of alkyl halides is 2. The second kappa shape index (κ2) is 10.4. The van der Waals surface area contributed by atoms with Gasteiger partial charge in [0.15, 0.2) is 5.82 Å². The average molecular weight is 434 g/mol. The fourth-order valence-corrected chi connectivity index (χ4v) is 3.63. The Hall–Kier alpha value is -2.88. The standard InChI is InChI=1S/C21H28F2N6O2/c1-28-15-17(9-10-18(30)14-16-6-3-2-4-7-16)29(20(28)31)13-12-21(22,23)11-5-8-19-24-26-27-25-19/h2-4,6-7,9-10,17-18,30H,5,8,11-15H2,1H3,(H,24,25,26,27)/t17-,18?/m0/s1. The van der Waals surface area contributed by atoms with Crippen molar-refractivity contribution in [1.82, 2.24) is 30.4 Å². The number of aromatic amines is 1. The number of rotatable bonds is 11. The predicted octanol–water partition coefficient (Wildman–Crippen LogP) is 2.44. The number of benzene rings is 1. The molecule has 3 rings (SSSR count). The molecule has 2 atom stereocenters. The molecule has 0 radical (unpaired) electrons. The fourth-order valence-electron chi connectivity index (χ4n) is 3.63. The van der Waals surface area contributed by atoms with E-state index in [1.807, 2.05) is 30.3 Å². The lowest BCUT2D eigenvalue weighted by Gasteiger charge is -2.24. The van der Waals surface area contributed by atoms with Crippen LogP contribution < -0.4 is 0 Å². The van der Waals surface area contributed by atoms with Crippen LogP contribution in [0.2, 0.25) is 0 Å². The summed E-state index contributed by atoms with van der Waals surface area (Å²) in [6, 6.07) is 8.94. The zero-order valence-corrected chi connectivity index (χ0v) is 17.5. The Balaban J connectivity index is 1.50. The molecule has 168 valence electrons. The molecule has 1 aliphatic rings. The van der Waals surface area contributed by atoms with E-state index in [1.54, 1.807) is 19.2 Å². The van der Waals surface area contributed by atoms with Crippen LogP contribution in [0.25, 0.3) is 0 Å². The van der Waals surface area contributed by atoms with Crippen molar-refractivity contribution in [3.05, 3.63) is 53.9 Å². The first kappa shape index (κ1) is 22.8. The van der Waals surface area contributed by atoms with Gasteiger partial charge in [-0.15, -0.1) is 10.2 Å². The quantitative estimate of drug-likeness (QED) is 0.530. The third kappa shape index (κ3) is 6.81. The maximum Gasteiger partial charge on any atom is 0.320 e. The molecular formula is C21H28F2N6O2. The van der Waals surface area contributed by atoms with Crippen LogP contribution in [-0.4, -0.2) is 79.8 Å². The van der Waals surface area contributed by atoms with Gasteiger partial charge in [-0.2, -0.15) is 5.21 Å². The van der Waals surface area contributed by atoms with E-state index in [4.69, 9.17) is 0 Å². The molecule has 1 aromatic carbocycles. The summed E-state index contributed by atoms with van der Waals surface area (Å²) < 4.78 is 28.7. The number of hydrogen-bond donors (Lipinski definition) is 2. The van der Waals surface area contributed by atoms with Crippen LogP contribution >= 0.6 is 0 Å². The van der Waals surface area contributed by atoms with Crippen molar-refractivity contribution < 1.29 is 18.7 Å². The first-order valence-corrected chi connectivity index (χ1v) is 10.4. The van der Waals surface area contributed by atoms with Crippen molar-refractivity contribution in [2.24, 2.45) is 0 Å². The minimum atomic E-state index is -2.90. The van der Waals surface area contributed by atoms with Gasteiger partial charge in [0.25, 0.3) is 0 Å². The molecule has 0 aliphatic carbocycles. The maximum atomic E-state index is 14.3. The van der Waals surface area contributed by atoms with Gasteiger partial charge in [0.05, 0.1) is 12.1 Å². The monoisotopic (exact) mass is 434 g/mol. The van der Waals surface area contributed by atoms with E-state index < -0.39 is 18.4 Å². The normalized spacial score (nSPS) is 18.3. The number of tetrazole rings is 1. The second-order valence-corrected chi connectivity index (χ2v) is 7.85. The van der Waals surface area contributed by atoms with Gasteiger partial charge >= 0.3 is 6.03 Å². The Kier molecular flexibility index (Phi) is 7.67. The smallest absolute Gasteiger partial charge is 0.320 e. The molecule has 1 aliphatic heterocycles. The number of amides is 2. The number of nitrogens with zero attached hydrogens (tertiary/aromatic N) is 5. The highest BCUT2D eigenvalue weighted by molar-refractivity contribution is 5.77. The second-order valence-electron chi connectivity index (χ2n) is 7.85. The summed E-state index contributed by atoms with van der Waals surface area (Å²) in [5, 5.41) is 23.5. The van der Waals surface area contributed by atoms with Gasteiger partial charge in [0.1, 0.15) is 0 Å². The molecule has 2 heterocycles. The van der Waals surface area contributed by atoms with Gasteiger partial charge < -0.3 is 14.9 Å². The number of nitrogens with one attached hydrogen (secondary N) is 1. The largest absolute Gasteiger partial charge is 0.389 e. The average Bonchev–Trinajstić information content (AvgIpc) is 3.34. The Bertz CT molecular complexity index is 847. The number of aliphatic hydroxyl groups excluding tert-OH is 1. The van der Waals surface area contributed by atoms with Gasteiger partial charge in [0.2, 0.25) is 5.92 Å². The summed E-state index contributed by atoms with van der Waals surface area (Å²) >= 11 is 0. The maximum absolute atomic E-state index is 14.3. The molecule has 2 amide bonds. The summed E-state index contributed by atoms with van der Waals surface area (Å²) in [5.74, 6) is -2.49. The number of carbonyl (C=O) groups excluding carboxylic acids is 1. The molecule has 0 bridgehead atoms. The summed E-state index contributed by atoms with van der Waals surface area (Å²) in [5.41, 5.74) is 0.997. The van der Waals surface area contributed by atoms with Crippen molar-refractivity contribution in [1.29, 1.82) is 0 Å². The number of aliphatic hydroxyl groups is 1. The topological polar surface area (TPSA) is 98.2 Å². The Morgan fingerprint density at radius 2 is 2.10 bits per heavy atom. The number of aromatic nitrogens is 4. The van der Waals surface area contributed by atoms with Crippen LogP contribution in [0.4, 0.5) is 13.6 Å². The molecule has 1 aromatic heterocycles. The van der Waals surface area contributed by atoms with Gasteiger partial charge in [-0.25, -0.2) is 13.6 Å². The van der Waals surface area contributed by atoms with Crippen molar-refractivity contribution in [2.45, 2.75) is 50.2 Å². The highest BCUT2D eigenvalue weighted by Gasteiger charge is 2.36. The molecule has 1 fully saturated rings. The van der Waals surface area contributed by atoms with Crippen LogP contribution in [0.3, 0.4) is 0 Å². The first-order valence-electron chi connectivity index (χ1n) is 10.4. The van der Waals surface area contributed by atoms with E-state index in [-0.39, 0.29) is 31.5 Å². The number of hydrogen-bond acceptors (Lipinski definition) is 5. The third-order valence-electron chi connectivity index (χ3n) is 5.33.